The van der Waals surface area contributed by atoms with Crippen molar-refractivity contribution in [1.82, 2.24) is 9.80 Å². The summed E-state index contributed by atoms with van der Waals surface area (Å²) in [5.74, 6) is 0. The standard InChI is InChI=1S/C18H26N4O2/c1-21-10-7-17(8-11-21)22(9-4-12-24-2)18(23)20-16-6-3-5-15(13-16)14-19/h3,5-6,13,17H,4,7-12H2,1-2H3,(H,20,23). The topological polar surface area (TPSA) is 68.6 Å². The number of nitrogens with zero attached hydrogens (tertiary/aromatic N) is 3. The lowest BCUT2D eigenvalue weighted by Crippen LogP contribution is -2.48. The molecule has 1 aliphatic rings. The second-order valence-electron chi connectivity index (χ2n) is 6.20. The van der Waals surface area contributed by atoms with Gasteiger partial charge in [-0.2, -0.15) is 5.26 Å². The number of ether oxygens (including phenoxy) is 1. The summed E-state index contributed by atoms with van der Waals surface area (Å²) in [5.41, 5.74) is 1.20. The molecule has 2 rings (SSSR count). The van der Waals surface area contributed by atoms with Crippen LogP contribution in [0.1, 0.15) is 24.8 Å². The van der Waals surface area contributed by atoms with Crippen molar-refractivity contribution in [2.45, 2.75) is 25.3 Å². The van der Waals surface area contributed by atoms with Gasteiger partial charge in [0.1, 0.15) is 0 Å². The normalized spacial score (nSPS) is 15.7. The van der Waals surface area contributed by atoms with Crippen molar-refractivity contribution in [1.29, 1.82) is 5.26 Å². The Hall–Kier alpha value is -2.10. The number of hydrogen-bond donors (Lipinski definition) is 1. The van der Waals surface area contributed by atoms with E-state index in [4.69, 9.17) is 10.00 Å². The lowest BCUT2D eigenvalue weighted by atomic mass is 10.0. The van der Waals surface area contributed by atoms with Crippen LogP contribution in [0.4, 0.5) is 10.5 Å². The number of methoxy groups -OCH3 is 1. The zero-order valence-electron chi connectivity index (χ0n) is 14.5. The van der Waals surface area contributed by atoms with Gasteiger partial charge in [0.05, 0.1) is 11.6 Å². The first-order chi connectivity index (χ1) is 11.6. The summed E-state index contributed by atoms with van der Waals surface area (Å²) < 4.78 is 5.12. The molecule has 0 spiro atoms. The first-order valence-corrected chi connectivity index (χ1v) is 8.39. The Kier molecular flexibility index (Phi) is 7.04. The van der Waals surface area contributed by atoms with E-state index in [9.17, 15) is 4.79 Å². The highest BCUT2D eigenvalue weighted by molar-refractivity contribution is 5.89. The minimum absolute atomic E-state index is 0.101. The molecule has 1 aliphatic heterocycles. The van der Waals surface area contributed by atoms with Gasteiger partial charge in [-0.05, 0) is 57.6 Å². The van der Waals surface area contributed by atoms with Crippen LogP contribution in [-0.4, -0.2) is 62.3 Å². The Labute approximate surface area is 144 Å². The van der Waals surface area contributed by atoms with Crippen LogP contribution in [0.5, 0.6) is 0 Å². The number of benzene rings is 1. The third kappa shape index (κ3) is 5.22. The first-order valence-electron chi connectivity index (χ1n) is 8.39. The molecule has 0 aliphatic carbocycles. The van der Waals surface area contributed by atoms with Crippen molar-refractivity contribution in [2.75, 3.05) is 45.7 Å². The van der Waals surface area contributed by atoms with E-state index in [1.807, 2.05) is 4.90 Å². The summed E-state index contributed by atoms with van der Waals surface area (Å²) >= 11 is 0. The molecule has 0 saturated carbocycles. The molecule has 0 aromatic heterocycles. The molecule has 0 atom stereocenters. The molecule has 0 bridgehead atoms. The van der Waals surface area contributed by atoms with E-state index in [0.717, 1.165) is 32.4 Å². The molecule has 0 unspecified atom stereocenters. The number of hydrogen-bond acceptors (Lipinski definition) is 4. The maximum atomic E-state index is 12.8. The molecule has 130 valence electrons. The number of likely N-dealkylation sites (tertiary alicyclic amines) is 1. The summed E-state index contributed by atoms with van der Waals surface area (Å²) in [4.78, 5) is 17.0. The predicted molar refractivity (Wildman–Crippen MR) is 93.9 cm³/mol. The van der Waals surface area contributed by atoms with Gasteiger partial charge in [-0.3, -0.25) is 0 Å². The molecule has 1 fully saturated rings. The van der Waals surface area contributed by atoms with Gasteiger partial charge >= 0.3 is 6.03 Å². The van der Waals surface area contributed by atoms with Crippen LogP contribution in [-0.2, 0) is 4.74 Å². The Morgan fingerprint density at radius 2 is 2.21 bits per heavy atom. The van der Waals surface area contributed by atoms with Gasteiger partial charge in [-0.25, -0.2) is 4.79 Å². The molecular weight excluding hydrogens is 304 g/mol. The number of carbonyl (C=O) groups is 1. The number of piperidine rings is 1. The minimum atomic E-state index is -0.101. The van der Waals surface area contributed by atoms with E-state index in [1.54, 1.807) is 31.4 Å². The number of nitriles is 1. The molecule has 2 amide bonds. The number of amides is 2. The number of carbonyl (C=O) groups excluding carboxylic acids is 1. The third-order valence-electron chi connectivity index (χ3n) is 4.38. The predicted octanol–water partition coefficient (Wildman–Crippen LogP) is 2.52. The van der Waals surface area contributed by atoms with Crippen molar-refractivity contribution in [2.24, 2.45) is 0 Å². The number of rotatable bonds is 6. The lowest BCUT2D eigenvalue weighted by molar-refractivity contribution is 0.126. The van der Waals surface area contributed by atoms with Crippen LogP contribution >= 0.6 is 0 Å². The maximum absolute atomic E-state index is 12.8. The third-order valence-corrected chi connectivity index (χ3v) is 4.38. The molecule has 1 aromatic rings. The Morgan fingerprint density at radius 3 is 2.88 bits per heavy atom. The zero-order valence-corrected chi connectivity index (χ0v) is 14.5. The van der Waals surface area contributed by atoms with Crippen molar-refractivity contribution < 1.29 is 9.53 Å². The van der Waals surface area contributed by atoms with Crippen molar-refractivity contribution in [3.63, 3.8) is 0 Å². The van der Waals surface area contributed by atoms with Gasteiger partial charge in [-0.1, -0.05) is 6.07 Å². The fourth-order valence-corrected chi connectivity index (χ4v) is 3.00. The molecule has 1 saturated heterocycles. The van der Waals surface area contributed by atoms with Crippen LogP contribution in [0, 0.1) is 11.3 Å². The van der Waals surface area contributed by atoms with Crippen LogP contribution in [0.15, 0.2) is 24.3 Å². The molecule has 1 N–H and O–H groups in total. The average Bonchev–Trinajstić information content (AvgIpc) is 2.60. The second-order valence-corrected chi connectivity index (χ2v) is 6.20. The van der Waals surface area contributed by atoms with Crippen molar-refractivity contribution in [3.05, 3.63) is 29.8 Å². The number of anilines is 1. The van der Waals surface area contributed by atoms with Gasteiger partial charge in [0, 0.05) is 32.0 Å². The monoisotopic (exact) mass is 330 g/mol. The smallest absolute Gasteiger partial charge is 0.322 e. The van der Waals surface area contributed by atoms with Gasteiger partial charge in [-0.15, -0.1) is 0 Å². The van der Waals surface area contributed by atoms with Gasteiger partial charge in [0.2, 0.25) is 0 Å². The molecule has 6 heteroatoms. The van der Waals surface area contributed by atoms with E-state index in [0.29, 0.717) is 24.4 Å². The molecule has 1 heterocycles. The second kappa shape index (κ2) is 9.26. The van der Waals surface area contributed by atoms with E-state index in [2.05, 4.69) is 23.3 Å². The maximum Gasteiger partial charge on any atom is 0.322 e. The highest BCUT2D eigenvalue weighted by atomic mass is 16.5. The van der Waals surface area contributed by atoms with Gasteiger partial charge in [0.15, 0.2) is 0 Å². The molecule has 24 heavy (non-hydrogen) atoms. The minimum Gasteiger partial charge on any atom is -0.385 e. The van der Waals surface area contributed by atoms with E-state index in [-0.39, 0.29) is 12.1 Å². The summed E-state index contributed by atoms with van der Waals surface area (Å²) in [6, 6.07) is 9.24. The molecule has 0 radical (unpaired) electrons. The van der Waals surface area contributed by atoms with Crippen LogP contribution in [0.25, 0.3) is 0 Å². The SMILES string of the molecule is COCCCN(C(=O)Nc1cccc(C#N)c1)C1CCN(C)CC1. The zero-order chi connectivity index (χ0) is 17.4. The summed E-state index contributed by atoms with van der Waals surface area (Å²) in [6.45, 7) is 3.32. The number of nitrogens with one attached hydrogen (secondary N) is 1. The molecule has 6 nitrogen and oxygen atoms in total. The van der Waals surface area contributed by atoms with E-state index >= 15 is 0 Å². The first kappa shape index (κ1) is 18.2. The Bertz CT molecular complexity index is 577. The van der Waals surface area contributed by atoms with Crippen LogP contribution in [0.2, 0.25) is 0 Å². The average molecular weight is 330 g/mol. The quantitative estimate of drug-likeness (QED) is 0.814. The Morgan fingerprint density at radius 1 is 1.46 bits per heavy atom. The summed E-state index contributed by atoms with van der Waals surface area (Å²) in [6.07, 6.45) is 2.78. The highest BCUT2D eigenvalue weighted by Gasteiger charge is 2.26. The fraction of sp³-hybridized carbons (Fsp3) is 0.556. The molecule has 1 aromatic carbocycles. The molecular formula is C18H26N4O2. The van der Waals surface area contributed by atoms with Crippen LogP contribution in [0.3, 0.4) is 0 Å². The lowest BCUT2D eigenvalue weighted by Gasteiger charge is -2.37. The van der Waals surface area contributed by atoms with Crippen molar-refractivity contribution >= 4 is 11.7 Å². The number of urea groups is 1. The van der Waals surface area contributed by atoms with Crippen LogP contribution < -0.4 is 5.32 Å². The summed E-state index contributed by atoms with van der Waals surface area (Å²) in [5, 5.41) is 11.9. The van der Waals surface area contributed by atoms with E-state index < -0.39 is 0 Å². The summed E-state index contributed by atoms with van der Waals surface area (Å²) in [7, 11) is 3.78. The van der Waals surface area contributed by atoms with Gasteiger partial charge in [0.25, 0.3) is 0 Å². The Balaban J connectivity index is 2.04. The highest BCUT2D eigenvalue weighted by Crippen LogP contribution is 2.18. The van der Waals surface area contributed by atoms with Gasteiger partial charge < -0.3 is 19.9 Å². The largest absolute Gasteiger partial charge is 0.385 e. The van der Waals surface area contributed by atoms with Crippen molar-refractivity contribution in [3.8, 4) is 6.07 Å². The van der Waals surface area contributed by atoms with E-state index in [1.165, 1.54) is 0 Å². The fourth-order valence-electron chi connectivity index (χ4n) is 3.00.